The summed E-state index contributed by atoms with van der Waals surface area (Å²) in [5.74, 6) is -3.71. The summed E-state index contributed by atoms with van der Waals surface area (Å²) in [6.45, 7) is 0.622. The molecule has 40 heavy (non-hydrogen) atoms. The molecule has 3 aliphatic rings. The number of ketones is 3. The Morgan fingerprint density at radius 3 is 2.52 bits per heavy atom. The minimum atomic E-state index is -2.23. The number of hydrogen-bond donors (Lipinski definition) is 6. The van der Waals surface area contributed by atoms with Gasteiger partial charge in [-0.2, -0.15) is 0 Å². The number of Topliss-reactive ketones (excluding diaryl/α,β-unsaturated/α-hetero) is 1. The van der Waals surface area contributed by atoms with E-state index >= 15 is 0 Å². The van der Waals surface area contributed by atoms with Gasteiger partial charge in [0.2, 0.25) is 0 Å². The average molecular weight is 622 g/mol. The van der Waals surface area contributed by atoms with E-state index in [1.165, 1.54) is 25.3 Å². The molecule has 1 aliphatic heterocycles. The molecule has 0 radical (unpaired) electrons. The Balaban J connectivity index is 1.68. The Morgan fingerprint density at radius 2 is 1.88 bits per heavy atom. The Bertz CT molecular complexity index is 1410. The molecule has 1 fully saturated rings. The van der Waals surface area contributed by atoms with Crippen LogP contribution >= 0.6 is 0 Å². The van der Waals surface area contributed by atoms with Gasteiger partial charge in [0, 0.05) is 0 Å². The molecule has 0 aromatic heterocycles. The van der Waals surface area contributed by atoms with Gasteiger partial charge in [-0.3, -0.25) is 0 Å². The van der Waals surface area contributed by atoms with Gasteiger partial charge in [0.15, 0.2) is 0 Å². The van der Waals surface area contributed by atoms with Gasteiger partial charge in [-0.15, -0.1) is 0 Å². The molecule has 0 amide bonds. The number of fused-ring (bicyclic) bond motifs is 3. The predicted molar refractivity (Wildman–Crippen MR) is 138 cm³/mol. The number of rotatable bonds is 6. The summed E-state index contributed by atoms with van der Waals surface area (Å²) in [5.41, 5.74) is -3.54. The second-order valence-electron chi connectivity index (χ2n) is 10.2. The Labute approximate surface area is 236 Å². The summed E-state index contributed by atoms with van der Waals surface area (Å²) in [6.07, 6.45) is -4.73. The van der Waals surface area contributed by atoms with Crippen molar-refractivity contribution in [2.24, 2.45) is 0 Å². The number of benzene rings is 2. The monoisotopic (exact) mass is 623 g/mol. The van der Waals surface area contributed by atoms with Crippen molar-refractivity contribution in [1.29, 1.82) is 0 Å². The molecule has 1 heterocycles. The van der Waals surface area contributed by atoms with E-state index in [2.05, 4.69) is 20.6 Å². The minimum absolute atomic E-state index is 0.0449. The van der Waals surface area contributed by atoms with Gasteiger partial charge in [-0.1, -0.05) is 12.1 Å². The third-order valence-corrected chi connectivity index (χ3v) is 8.62. The fourth-order valence-electron chi connectivity index (χ4n) is 5.84. The van der Waals surface area contributed by atoms with Crippen LogP contribution in [-0.2, 0) is 20.7 Å². The third-order valence-electron chi connectivity index (χ3n) is 7.93. The summed E-state index contributed by atoms with van der Waals surface area (Å²) in [5, 5.41) is 54.1. The number of hydrogen-bond acceptors (Lipinski definition) is 12. The van der Waals surface area contributed by atoms with Crippen LogP contribution in [-0.4, -0.2) is 103 Å². The first kappa shape index (κ1) is 28.7. The maximum absolute atomic E-state index is 13.7. The molecule has 13 heteroatoms. The van der Waals surface area contributed by atoms with Crippen LogP contribution in [0, 0.1) is 0 Å². The van der Waals surface area contributed by atoms with E-state index in [4.69, 9.17) is 14.2 Å². The van der Waals surface area contributed by atoms with Crippen LogP contribution in [0.4, 0.5) is 0 Å². The van der Waals surface area contributed by atoms with Gasteiger partial charge in [0.1, 0.15) is 0 Å². The fourth-order valence-corrected chi connectivity index (χ4v) is 6.39. The quantitative estimate of drug-likeness (QED) is 0.152. The number of phenolic OH excluding ortho intramolecular Hbond substituents is 2. The number of carbonyl (C=O) groups is 3. The van der Waals surface area contributed by atoms with Crippen molar-refractivity contribution in [1.82, 2.24) is 4.33 Å². The van der Waals surface area contributed by atoms with E-state index in [9.17, 15) is 39.9 Å². The van der Waals surface area contributed by atoms with Crippen LogP contribution in [0.15, 0.2) is 18.2 Å². The number of carbonyl (C=O) groups excluding carboxylic acids is 3. The standard InChI is InChI=1S/C27H29NO11Se/c1-10-22(31)13(28-40)6-17(38-10)39-15-8-27(36,16(30)9-29)7-12-19(15)26(35)21-20(24(12)33)23(32)11-4-3-5-14(37-2)18(11)25(21)34/h3-5,10,13,15,17,22,28-29,31,33,35-36,40H,6-9H2,1-2H3/t10?,13?,15-,17?,22?,27-/m0/s1. The second-order valence-corrected chi connectivity index (χ2v) is 10.8. The van der Waals surface area contributed by atoms with Crippen LogP contribution in [0.3, 0.4) is 0 Å². The Kier molecular flexibility index (Phi) is 7.53. The van der Waals surface area contributed by atoms with Gasteiger partial charge >= 0.3 is 207 Å². The van der Waals surface area contributed by atoms with Crippen LogP contribution in [0.5, 0.6) is 17.2 Å². The number of aliphatic hydroxyl groups is 3. The molecular weight excluding hydrogens is 593 g/mol. The summed E-state index contributed by atoms with van der Waals surface area (Å²) in [7, 11) is 1.33. The zero-order valence-corrected chi connectivity index (χ0v) is 23.5. The molecule has 2 aliphatic carbocycles. The van der Waals surface area contributed by atoms with E-state index in [1.54, 1.807) is 6.92 Å². The molecule has 0 saturated carbocycles. The molecule has 214 valence electrons. The van der Waals surface area contributed by atoms with Crippen LogP contribution in [0.1, 0.15) is 68.8 Å². The zero-order chi connectivity index (χ0) is 29.1. The SMILES string of the molecule is COc1cccc2c1C(=O)c1c(O)c3c(c(O)c1C2=O)C[C@@](O)(C(=O)CO)C[C@@H]3OC1CC(N[SeH])C(O)C(C)O1. The summed E-state index contributed by atoms with van der Waals surface area (Å²) in [4.78, 5) is 39.9. The Morgan fingerprint density at radius 1 is 1.18 bits per heavy atom. The van der Waals surface area contributed by atoms with E-state index < -0.39 is 95.7 Å². The van der Waals surface area contributed by atoms with E-state index in [0.29, 0.717) is 0 Å². The van der Waals surface area contributed by atoms with Crippen molar-refractivity contribution in [2.45, 2.75) is 62.4 Å². The fraction of sp³-hybridized carbons (Fsp3) is 0.444. The average Bonchev–Trinajstić information content (AvgIpc) is 2.94. The van der Waals surface area contributed by atoms with Crippen molar-refractivity contribution in [3.8, 4) is 17.2 Å². The molecule has 4 unspecified atom stereocenters. The van der Waals surface area contributed by atoms with Crippen molar-refractivity contribution < 1.29 is 54.1 Å². The number of nitrogens with one attached hydrogen (secondary N) is 1. The predicted octanol–water partition coefficient (Wildman–Crippen LogP) is -0.552. The second kappa shape index (κ2) is 10.5. The number of aliphatic hydroxyl groups excluding tert-OH is 2. The van der Waals surface area contributed by atoms with Crippen molar-refractivity contribution >= 4 is 33.6 Å². The number of phenols is 2. The summed E-state index contributed by atoms with van der Waals surface area (Å²) >= 11 is 2.14. The molecule has 0 bridgehead atoms. The first-order valence-corrected chi connectivity index (χ1v) is 13.5. The molecule has 12 nitrogen and oxygen atoms in total. The van der Waals surface area contributed by atoms with Gasteiger partial charge in [0.05, 0.1) is 7.11 Å². The molecule has 6 N–H and O–H groups in total. The molecule has 0 spiro atoms. The molecular formula is C27H29NO11Se. The molecule has 6 atom stereocenters. The first-order valence-electron chi connectivity index (χ1n) is 12.6. The molecule has 5 rings (SSSR count). The summed E-state index contributed by atoms with van der Waals surface area (Å²) in [6, 6.07) is 3.93. The molecule has 1 saturated heterocycles. The van der Waals surface area contributed by atoms with E-state index in [0.717, 1.165) is 0 Å². The normalized spacial score (nSPS) is 29.4. The van der Waals surface area contributed by atoms with Gasteiger partial charge < -0.3 is 4.74 Å². The number of methoxy groups -OCH3 is 1. The van der Waals surface area contributed by atoms with E-state index in [-0.39, 0.29) is 34.4 Å². The molecule has 2 aromatic rings. The molecule has 2 aromatic carbocycles. The topological polar surface area (TPSA) is 192 Å². The Hall–Kier alpha value is -2.87. The third kappa shape index (κ3) is 4.34. The zero-order valence-electron chi connectivity index (χ0n) is 21.6. The maximum atomic E-state index is 13.7. The van der Waals surface area contributed by atoms with Crippen molar-refractivity contribution in [3.05, 3.63) is 51.6 Å². The first-order chi connectivity index (χ1) is 19.0. The van der Waals surface area contributed by atoms with Crippen molar-refractivity contribution in [3.63, 3.8) is 0 Å². The van der Waals surface area contributed by atoms with E-state index in [1.807, 2.05) is 0 Å². The summed E-state index contributed by atoms with van der Waals surface area (Å²) < 4.78 is 20.1. The number of ether oxygens (including phenoxy) is 3. The van der Waals surface area contributed by atoms with Gasteiger partial charge in [-0.25, -0.2) is 0 Å². The van der Waals surface area contributed by atoms with Crippen LogP contribution < -0.4 is 9.07 Å². The number of aromatic hydroxyl groups is 2. The van der Waals surface area contributed by atoms with Gasteiger partial charge in [0.25, 0.3) is 0 Å². The van der Waals surface area contributed by atoms with Gasteiger partial charge in [-0.05, 0) is 6.07 Å². The van der Waals surface area contributed by atoms with Crippen LogP contribution in [0.2, 0.25) is 0 Å². The van der Waals surface area contributed by atoms with Crippen LogP contribution in [0.25, 0.3) is 0 Å². The van der Waals surface area contributed by atoms with Crippen molar-refractivity contribution in [2.75, 3.05) is 13.7 Å².